The summed E-state index contributed by atoms with van der Waals surface area (Å²) in [6.45, 7) is 7.70. The van der Waals surface area contributed by atoms with Gasteiger partial charge in [-0.25, -0.2) is 33.3 Å². The molecule has 0 saturated heterocycles. The highest BCUT2D eigenvalue weighted by molar-refractivity contribution is 7.91. The quantitative estimate of drug-likeness (QED) is 0.248. The Bertz CT molecular complexity index is 1810. The number of fused-ring (bicyclic) bond motifs is 1. The van der Waals surface area contributed by atoms with Gasteiger partial charge < -0.3 is 5.32 Å². The normalized spacial score (nSPS) is 16.2. The molecule has 11 nitrogen and oxygen atoms in total. The molecule has 0 spiro atoms. The maximum absolute atomic E-state index is 14.1. The summed E-state index contributed by atoms with van der Waals surface area (Å²) in [5.41, 5.74) is 3.86. The molecule has 6 rings (SSSR count). The van der Waals surface area contributed by atoms with Gasteiger partial charge in [0.05, 0.1) is 46.0 Å². The van der Waals surface area contributed by atoms with Crippen LogP contribution < -0.4 is 10.9 Å². The minimum Gasteiger partial charge on any atom is -0.360 e. The molecule has 0 aromatic carbocycles. The van der Waals surface area contributed by atoms with Gasteiger partial charge in [-0.1, -0.05) is 19.4 Å². The first-order valence-corrected chi connectivity index (χ1v) is 16.1. The number of nitrogens with one attached hydrogen (secondary N) is 1. The van der Waals surface area contributed by atoms with Gasteiger partial charge in [-0.3, -0.25) is 14.3 Å². The Balaban J connectivity index is 1.43. The minimum absolute atomic E-state index is 0.00222. The smallest absolute Gasteiger partial charge is 0.295 e. The van der Waals surface area contributed by atoms with E-state index in [2.05, 4.69) is 36.8 Å². The lowest BCUT2D eigenvalue weighted by atomic mass is 9.78. The largest absolute Gasteiger partial charge is 0.360 e. The third kappa shape index (κ3) is 5.31. The van der Waals surface area contributed by atoms with Gasteiger partial charge in [-0.05, 0) is 57.1 Å². The first-order chi connectivity index (χ1) is 20.3. The van der Waals surface area contributed by atoms with Crippen LogP contribution in [0.15, 0.2) is 53.2 Å². The van der Waals surface area contributed by atoms with Gasteiger partial charge in [-0.15, -0.1) is 6.58 Å². The summed E-state index contributed by atoms with van der Waals surface area (Å²) in [5.74, 6) is 1.37. The first-order valence-electron chi connectivity index (χ1n) is 14.4. The molecule has 0 amide bonds. The number of sulfone groups is 1. The molecule has 2 aliphatic carbocycles. The summed E-state index contributed by atoms with van der Waals surface area (Å²) in [4.78, 5) is 41.8. The number of aromatic nitrogens is 7. The molecule has 0 aliphatic heterocycles. The highest BCUT2D eigenvalue weighted by Gasteiger charge is 2.33. The van der Waals surface area contributed by atoms with E-state index in [1.165, 1.54) is 12.3 Å². The van der Waals surface area contributed by atoms with Gasteiger partial charge in [0.25, 0.3) is 5.56 Å². The van der Waals surface area contributed by atoms with E-state index in [1.807, 2.05) is 13.0 Å². The second-order valence-corrected chi connectivity index (χ2v) is 13.3. The summed E-state index contributed by atoms with van der Waals surface area (Å²) in [6, 6.07) is 3.05. The Labute approximate surface area is 244 Å². The van der Waals surface area contributed by atoms with Crippen LogP contribution in [-0.2, 0) is 16.4 Å². The fourth-order valence-corrected chi connectivity index (χ4v) is 6.35. The third-order valence-corrected chi connectivity index (χ3v) is 10.0. The van der Waals surface area contributed by atoms with Gasteiger partial charge >= 0.3 is 0 Å². The number of allylic oxidation sites excluding steroid dienone is 1. The van der Waals surface area contributed by atoms with Crippen molar-refractivity contribution in [3.8, 4) is 11.4 Å². The van der Waals surface area contributed by atoms with Gasteiger partial charge in [0, 0.05) is 18.2 Å². The third-order valence-electron chi connectivity index (χ3n) is 8.29. The molecule has 4 aromatic rings. The van der Waals surface area contributed by atoms with Crippen molar-refractivity contribution < 1.29 is 8.42 Å². The molecule has 0 bridgehead atoms. The fraction of sp³-hybridized carbons (Fsp3) is 0.433. The molecule has 2 aliphatic rings. The van der Waals surface area contributed by atoms with Crippen molar-refractivity contribution >= 4 is 26.8 Å². The van der Waals surface area contributed by atoms with Crippen molar-refractivity contribution in [1.29, 1.82) is 0 Å². The van der Waals surface area contributed by atoms with Crippen molar-refractivity contribution in [2.24, 2.45) is 5.92 Å². The Morgan fingerprint density at radius 3 is 2.55 bits per heavy atom. The highest BCUT2D eigenvalue weighted by atomic mass is 32.2. The Morgan fingerprint density at radius 1 is 1.10 bits per heavy atom. The minimum atomic E-state index is -3.35. The van der Waals surface area contributed by atoms with Crippen LogP contribution in [0, 0.1) is 12.8 Å². The molecule has 4 heterocycles. The van der Waals surface area contributed by atoms with Crippen molar-refractivity contribution in [2.75, 3.05) is 11.1 Å². The van der Waals surface area contributed by atoms with Crippen LogP contribution in [0.1, 0.15) is 74.5 Å². The van der Waals surface area contributed by atoms with Crippen molar-refractivity contribution in [3.05, 3.63) is 70.9 Å². The highest BCUT2D eigenvalue weighted by Crippen LogP contribution is 2.43. The number of hydrogen-bond donors (Lipinski definition) is 1. The van der Waals surface area contributed by atoms with E-state index in [9.17, 15) is 13.2 Å². The second-order valence-electron chi connectivity index (χ2n) is 11.1. The molecule has 4 aromatic heterocycles. The Morgan fingerprint density at radius 2 is 1.90 bits per heavy atom. The summed E-state index contributed by atoms with van der Waals surface area (Å²) < 4.78 is 26.1. The zero-order valence-electron chi connectivity index (χ0n) is 23.8. The zero-order chi connectivity index (χ0) is 29.4. The zero-order valence-corrected chi connectivity index (χ0v) is 24.6. The summed E-state index contributed by atoms with van der Waals surface area (Å²) in [6.07, 6.45) is 12.4. The Kier molecular flexibility index (Phi) is 7.56. The molecule has 12 heteroatoms. The van der Waals surface area contributed by atoms with E-state index in [-0.39, 0.29) is 34.6 Å². The molecule has 218 valence electrons. The topological polar surface area (TPSA) is 146 Å². The summed E-state index contributed by atoms with van der Waals surface area (Å²) in [7, 11) is -3.35. The number of pyridine rings is 1. The molecule has 42 heavy (non-hydrogen) atoms. The predicted octanol–water partition coefficient (Wildman–Crippen LogP) is 4.55. The van der Waals surface area contributed by atoms with Crippen LogP contribution in [0.5, 0.6) is 0 Å². The predicted molar refractivity (Wildman–Crippen MR) is 160 cm³/mol. The maximum atomic E-state index is 14.1. The van der Waals surface area contributed by atoms with Crippen molar-refractivity contribution in [2.45, 2.75) is 75.8 Å². The van der Waals surface area contributed by atoms with E-state index < -0.39 is 9.84 Å². The van der Waals surface area contributed by atoms with Gasteiger partial charge in [0.1, 0.15) is 11.8 Å². The molecule has 0 unspecified atom stereocenters. The van der Waals surface area contributed by atoms with E-state index in [0.29, 0.717) is 40.9 Å². The van der Waals surface area contributed by atoms with E-state index in [4.69, 9.17) is 4.98 Å². The average Bonchev–Trinajstić information content (AvgIpc) is 3.81. The molecule has 1 atom stereocenters. The van der Waals surface area contributed by atoms with Crippen LogP contribution in [0.2, 0.25) is 0 Å². The van der Waals surface area contributed by atoms with E-state index in [0.717, 1.165) is 49.1 Å². The lowest BCUT2D eigenvalue weighted by molar-refractivity contribution is 0.209. The molecular weight excluding hydrogens is 552 g/mol. The number of aryl methyl sites for hydroxylation is 1. The maximum Gasteiger partial charge on any atom is 0.295 e. The lowest BCUT2D eigenvalue weighted by Crippen LogP contribution is -2.35. The van der Waals surface area contributed by atoms with Crippen molar-refractivity contribution in [3.63, 3.8) is 0 Å². The Hall–Kier alpha value is -4.06. The molecule has 0 radical (unpaired) electrons. The average molecular weight is 587 g/mol. The fourth-order valence-electron chi connectivity index (χ4n) is 5.52. The van der Waals surface area contributed by atoms with E-state index in [1.54, 1.807) is 30.1 Å². The van der Waals surface area contributed by atoms with Crippen molar-refractivity contribution in [1.82, 2.24) is 34.5 Å². The number of anilines is 1. The van der Waals surface area contributed by atoms with Gasteiger partial charge in [0.15, 0.2) is 27.1 Å². The molecule has 1 N–H and O–H groups in total. The van der Waals surface area contributed by atoms with Gasteiger partial charge in [0.2, 0.25) is 0 Å². The van der Waals surface area contributed by atoms with Crippen LogP contribution in [-0.4, -0.2) is 48.6 Å². The first kappa shape index (κ1) is 28.1. The lowest BCUT2D eigenvalue weighted by Gasteiger charge is -2.35. The number of nitrogens with zero attached hydrogens (tertiary/aromatic N) is 7. The number of rotatable bonds is 11. The summed E-state index contributed by atoms with van der Waals surface area (Å²) in [5, 5.41) is 3.14. The van der Waals surface area contributed by atoms with Crippen LogP contribution in [0.3, 0.4) is 0 Å². The van der Waals surface area contributed by atoms with Crippen LogP contribution in [0.25, 0.3) is 22.6 Å². The summed E-state index contributed by atoms with van der Waals surface area (Å²) >= 11 is 0. The SMILES string of the molecule is C=CC[C@H](C1CCC1)n1c(=O)c(NCc2ccc(S(=O)(=O)CC)cn2)nc2cnc(-c3c(C)ncnc3C3CC3)nc21. The molecule has 2 saturated carbocycles. The van der Waals surface area contributed by atoms with Crippen LogP contribution >= 0.6 is 0 Å². The second kappa shape index (κ2) is 11.3. The van der Waals surface area contributed by atoms with Crippen LogP contribution in [0.4, 0.5) is 5.82 Å². The monoisotopic (exact) mass is 586 g/mol. The van der Waals surface area contributed by atoms with E-state index >= 15 is 0 Å². The molecule has 2 fully saturated rings. The molecular formula is C30H34N8O3S. The van der Waals surface area contributed by atoms with Gasteiger partial charge in [-0.2, -0.15) is 0 Å². The number of hydrogen-bond acceptors (Lipinski definition) is 10. The standard InChI is InChI=1S/C30H34N8O3S/c1-4-7-24(19-8-6-9-19)38-29-23(16-33-27(37-29)25-18(3)34-17-35-26(25)20-10-11-20)36-28(30(38)39)32-14-21-12-13-22(15-31-21)42(40,41)5-2/h4,12-13,15-17,19-20,24H,1,5-11,14H2,2-3H3,(H,32,36)/t24-/m1/s1.